The molecule has 142 valence electrons. The highest BCUT2D eigenvalue weighted by Crippen LogP contribution is 2.29. The van der Waals surface area contributed by atoms with E-state index in [9.17, 15) is 4.79 Å². The van der Waals surface area contributed by atoms with Crippen LogP contribution in [-0.2, 0) is 7.05 Å². The molecule has 0 aromatic carbocycles. The van der Waals surface area contributed by atoms with Crippen molar-refractivity contribution >= 4 is 53.1 Å². The van der Waals surface area contributed by atoms with Crippen LogP contribution in [0.1, 0.15) is 28.9 Å². The minimum Gasteiger partial charge on any atom is -0.352 e. The normalized spacial score (nSPS) is 10.3. The molecule has 3 aromatic heterocycles. The summed E-state index contributed by atoms with van der Waals surface area (Å²) in [6, 6.07) is 5.85. The van der Waals surface area contributed by atoms with Gasteiger partial charge in [-0.2, -0.15) is 5.10 Å². The molecule has 0 saturated carbocycles. The zero-order valence-electron chi connectivity index (χ0n) is 14.7. The molecule has 0 bridgehead atoms. The Balaban J connectivity index is 0.00000169. The predicted molar refractivity (Wildman–Crippen MR) is 112 cm³/mol. The van der Waals surface area contributed by atoms with E-state index in [-0.39, 0.29) is 30.7 Å². The lowest BCUT2D eigenvalue weighted by Gasteiger charge is -2.08. The average molecular weight is 416 g/mol. The number of nitrogens with zero attached hydrogens (tertiary/aromatic N) is 3. The Morgan fingerprint density at radius 3 is 2.77 bits per heavy atom. The lowest BCUT2D eigenvalue weighted by atomic mass is 10.1. The SMILES string of the molecule is Cc1nn(C)c2nc(-c3cccs3)cc(C(=O)NCCCCN)c12.Cl.Cl. The maximum absolute atomic E-state index is 12.7. The zero-order chi connectivity index (χ0) is 17.1. The number of hydrogen-bond acceptors (Lipinski definition) is 5. The molecule has 6 nitrogen and oxygen atoms in total. The average Bonchev–Trinajstić information content (AvgIpc) is 3.20. The first kappa shape index (κ1) is 22.4. The van der Waals surface area contributed by atoms with Gasteiger partial charge in [0, 0.05) is 13.6 Å². The molecule has 0 aliphatic carbocycles. The summed E-state index contributed by atoms with van der Waals surface area (Å²) in [5, 5.41) is 10.2. The third-order valence-corrected chi connectivity index (χ3v) is 4.80. The fraction of sp³-hybridized carbons (Fsp3) is 0.353. The highest BCUT2D eigenvalue weighted by molar-refractivity contribution is 7.13. The van der Waals surface area contributed by atoms with Crippen molar-refractivity contribution in [1.29, 1.82) is 0 Å². The van der Waals surface area contributed by atoms with E-state index < -0.39 is 0 Å². The number of hydrogen-bond donors (Lipinski definition) is 2. The van der Waals surface area contributed by atoms with Crippen molar-refractivity contribution < 1.29 is 4.79 Å². The Morgan fingerprint density at radius 1 is 1.35 bits per heavy atom. The van der Waals surface area contributed by atoms with Crippen LogP contribution < -0.4 is 11.1 Å². The summed E-state index contributed by atoms with van der Waals surface area (Å²) in [4.78, 5) is 18.4. The van der Waals surface area contributed by atoms with Crippen molar-refractivity contribution in [3.05, 3.63) is 34.8 Å². The summed E-state index contributed by atoms with van der Waals surface area (Å²) >= 11 is 1.60. The van der Waals surface area contributed by atoms with Gasteiger partial charge < -0.3 is 11.1 Å². The van der Waals surface area contributed by atoms with Crippen molar-refractivity contribution in [2.75, 3.05) is 13.1 Å². The highest BCUT2D eigenvalue weighted by Gasteiger charge is 2.19. The van der Waals surface area contributed by atoms with Gasteiger partial charge in [0.25, 0.3) is 5.91 Å². The largest absolute Gasteiger partial charge is 0.352 e. The second-order valence-corrected chi connectivity index (χ2v) is 6.64. The van der Waals surface area contributed by atoms with E-state index in [1.165, 1.54) is 0 Å². The van der Waals surface area contributed by atoms with Gasteiger partial charge in [0.1, 0.15) is 0 Å². The molecular weight excluding hydrogens is 393 g/mol. The smallest absolute Gasteiger partial charge is 0.252 e. The Labute approximate surface area is 169 Å². The number of amides is 1. The Bertz CT molecular complexity index is 864. The van der Waals surface area contributed by atoms with Crippen molar-refractivity contribution in [2.24, 2.45) is 12.8 Å². The Kier molecular flexibility index (Phi) is 8.49. The van der Waals surface area contributed by atoms with E-state index in [1.807, 2.05) is 37.6 Å². The van der Waals surface area contributed by atoms with E-state index in [0.29, 0.717) is 18.7 Å². The van der Waals surface area contributed by atoms with Crippen LogP contribution in [0, 0.1) is 6.92 Å². The number of aromatic nitrogens is 3. The van der Waals surface area contributed by atoms with Gasteiger partial charge in [-0.15, -0.1) is 36.2 Å². The maximum Gasteiger partial charge on any atom is 0.252 e. The summed E-state index contributed by atoms with van der Waals surface area (Å²) in [6.07, 6.45) is 1.78. The third-order valence-electron chi connectivity index (χ3n) is 3.90. The Morgan fingerprint density at radius 2 is 2.12 bits per heavy atom. The molecule has 1 amide bonds. The first-order chi connectivity index (χ1) is 11.6. The fourth-order valence-electron chi connectivity index (χ4n) is 2.74. The quantitative estimate of drug-likeness (QED) is 0.604. The number of nitrogens with two attached hydrogens (primary N) is 1. The predicted octanol–water partition coefficient (Wildman–Crippen LogP) is 3.32. The van der Waals surface area contributed by atoms with Crippen LogP contribution in [0.2, 0.25) is 0 Å². The number of carbonyl (C=O) groups excluding carboxylic acids is 1. The van der Waals surface area contributed by atoms with Crippen molar-refractivity contribution in [1.82, 2.24) is 20.1 Å². The van der Waals surface area contributed by atoms with Crippen LogP contribution in [0.3, 0.4) is 0 Å². The lowest BCUT2D eigenvalue weighted by molar-refractivity contribution is 0.0954. The number of fused-ring (bicyclic) bond motifs is 1. The van der Waals surface area contributed by atoms with Crippen LogP contribution in [0.15, 0.2) is 23.6 Å². The minimum absolute atomic E-state index is 0. The maximum atomic E-state index is 12.7. The number of thiophene rings is 1. The van der Waals surface area contributed by atoms with E-state index in [2.05, 4.69) is 10.4 Å². The summed E-state index contributed by atoms with van der Waals surface area (Å²) < 4.78 is 1.73. The van der Waals surface area contributed by atoms with E-state index >= 15 is 0 Å². The molecule has 0 spiro atoms. The first-order valence-corrected chi connectivity index (χ1v) is 8.86. The molecule has 3 rings (SSSR count). The summed E-state index contributed by atoms with van der Waals surface area (Å²) in [6.45, 7) is 3.16. The van der Waals surface area contributed by atoms with Gasteiger partial charge in [-0.05, 0) is 43.8 Å². The molecular formula is C17H23Cl2N5OS. The molecule has 0 aliphatic rings. The van der Waals surface area contributed by atoms with Gasteiger partial charge >= 0.3 is 0 Å². The number of nitrogens with one attached hydrogen (secondary N) is 1. The van der Waals surface area contributed by atoms with Gasteiger partial charge in [-0.3, -0.25) is 9.48 Å². The minimum atomic E-state index is -0.0895. The van der Waals surface area contributed by atoms with Gasteiger partial charge in [-0.25, -0.2) is 4.98 Å². The van der Waals surface area contributed by atoms with Crippen LogP contribution >= 0.6 is 36.2 Å². The molecule has 0 fully saturated rings. The summed E-state index contributed by atoms with van der Waals surface area (Å²) in [5.41, 5.74) is 8.46. The molecule has 0 saturated heterocycles. The Hall–Kier alpha value is -1.67. The van der Waals surface area contributed by atoms with Gasteiger partial charge in [-0.1, -0.05) is 6.07 Å². The molecule has 3 aromatic rings. The van der Waals surface area contributed by atoms with Gasteiger partial charge in [0.15, 0.2) is 5.65 Å². The highest BCUT2D eigenvalue weighted by atomic mass is 35.5. The van der Waals surface area contributed by atoms with E-state index in [1.54, 1.807) is 16.0 Å². The summed E-state index contributed by atoms with van der Waals surface area (Å²) in [5.74, 6) is -0.0895. The van der Waals surface area contributed by atoms with Crippen molar-refractivity contribution in [3.63, 3.8) is 0 Å². The first-order valence-electron chi connectivity index (χ1n) is 7.98. The van der Waals surface area contributed by atoms with Crippen LogP contribution in [0.4, 0.5) is 0 Å². The monoisotopic (exact) mass is 415 g/mol. The second kappa shape index (κ2) is 9.87. The third kappa shape index (κ3) is 4.54. The lowest BCUT2D eigenvalue weighted by Crippen LogP contribution is -2.25. The number of unbranched alkanes of at least 4 members (excludes halogenated alkanes) is 1. The molecule has 26 heavy (non-hydrogen) atoms. The molecule has 0 radical (unpaired) electrons. The zero-order valence-corrected chi connectivity index (χ0v) is 17.1. The standard InChI is InChI=1S/C17H21N5OS.2ClH/c1-11-15-12(17(23)19-8-4-3-7-18)10-13(14-6-5-9-24-14)20-16(15)22(2)21-11;;/h5-6,9-10H,3-4,7-8,18H2,1-2H3,(H,19,23);2*1H. The van der Waals surface area contributed by atoms with Gasteiger partial charge in [0.05, 0.1) is 27.2 Å². The number of halogens is 2. The second-order valence-electron chi connectivity index (χ2n) is 5.69. The van der Waals surface area contributed by atoms with E-state index in [0.717, 1.165) is 40.1 Å². The number of rotatable bonds is 6. The molecule has 0 aliphatic heterocycles. The summed E-state index contributed by atoms with van der Waals surface area (Å²) in [7, 11) is 1.85. The molecule has 9 heteroatoms. The topological polar surface area (TPSA) is 85.8 Å². The molecule has 3 heterocycles. The van der Waals surface area contributed by atoms with Crippen LogP contribution in [-0.4, -0.2) is 33.8 Å². The van der Waals surface area contributed by atoms with Crippen LogP contribution in [0.25, 0.3) is 21.6 Å². The molecule has 3 N–H and O–H groups in total. The molecule has 0 atom stereocenters. The number of carbonyl (C=O) groups is 1. The van der Waals surface area contributed by atoms with E-state index in [4.69, 9.17) is 10.7 Å². The molecule has 0 unspecified atom stereocenters. The van der Waals surface area contributed by atoms with Crippen molar-refractivity contribution in [3.8, 4) is 10.6 Å². The number of aryl methyl sites for hydroxylation is 2. The van der Waals surface area contributed by atoms with Crippen LogP contribution in [0.5, 0.6) is 0 Å². The van der Waals surface area contributed by atoms with Gasteiger partial charge in [0.2, 0.25) is 0 Å². The fourth-order valence-corrected chi connectivity index (χ4v) is 3.43. The number of pyridine rings is 1. The van der Waals surface area contributed by atoms with Crippen molar-refractivity contribution in [2.45, 2.75) is 19.8 Å².